The maximum atomic E-state index is 13.5. The van der Waals surface area contributed by atoms with Crippen molar-refractivity contribution in [2.75, 3.05) is 0 Å². The Kier molecular flexibility index (Phi) is 2.96. The molecule has 2 nitrogen and oxygen atoms in total. The summed E-state index contributed by atoms with van der Waals surface area (Å²) in [6, 6.07) is 12.9. The van der Waals surface area contributed by atoms with E-state index in [4.69, 9.17) is 0 Å². The molecule has 0 bridgehead atoms. The molecular weight excluding hydrogens is 219 g/mol. The molecule has 0 saturated heterocycles. The first kappa shape index (κ1) is 11.8. The summed E-state index contributed by atoms with van der Waals surface area (Å²) in [5, 5.41) is 18.8. The number of hydrogen-bond acceptors (Lipinski definition) is 2. The lowest BCUT2D eigenvalue weighted by Crippen LogP contribution is -2.19. The van der Waals surface area contributed by atoms with Crippen molar-refractivity contribution in [3.63, 3.8) is 0 Å². The lowest BCUT2D eigenvalue weighted by atomic mass is 10.0. The average molecular weight is 232 g/mol. The van der Waals surface area contributed by atoms with Gasteiger partial charge >= 0.3 is 0 Å². The zero-order valence-corrected chi connectivity index (χ0v) is 9.39. The Morgan fingerprint density at radius 3 is 2.06 bits per heavy atom. The summed E-state index contributed by atoms with van der Waals surface area (Å²) in [4.78, 5) is 0. The molecule has 88 valence electrons. The molecule has 0 aliphatic carbocycles. The van der Waals surface area contributed by atoms with E-state index in [9.17, 15) is 14.6 Å². The van der Waals surface area contributed by atoms with Crippen LogP contribution in [-0.2, 0) is 5.79 Å². The van der Waals surface area contributed by atoms with Crippen LogP contribution in [0.25, 0.3) is 11.1 Å². The molecule has 2 rings (SSSR count). The van der Waals surface area contributed by atoms with E-state index in [0.29, 0.717) is 16.7 Å². The van der Waals surface area contributed by atoms with Crippen LogP contribution in [0.3, 0.4) is 0 Å². The number of aliphatic hydroxyl groups is 2. The molecule has 2 N–H and O–H groups in total. The van der Waals surface area contributed by atoms with Gasteiger partial charge < -0.3 is 10.2 Å². The highest BCUT2D eigenvalue weighted by atomic mass is 19.1. The summed E-state index contributed by atoms with van der Waals surface area (Å²) in [5.74, 6) is -2.16. The molecule has 17 heavy (non-hydrogen) atoms. The van der Waals surface area contributed by atoms with Gasteiger partial charge in [0.1, 0.15) is 5.82 Å². The van der Waals surface area contributed by atoms with Crippen LogP contribution in [0.15, 0.2) is 48.5 Å². The van der Waals surface area contributed by atoms with Gasteiger partial charge in [0.2, 0.25) is 0 Å². The van der Waals surface area contributed by atoms with E-state index in [1.165, 1.54) is 13.0 Å². The molecule has 0 aliphatic heterocycles. The Labute approximate surface area is 99.0 Å². The van der Waals surface area contributed by atoms with Crippen LogP contribution in [0, 0.1) is 5.82 Å². The summed E-state index contributed by atoms with van der Waals surface area (Å²) >= 11 is 0. The Morgan fingerprint density at radius 2 is 1.53 bits per heavy atom. The maximum absolute atomic E-state index is 13.5. The Morgan fingerprint density at radius 1 is 0.941 bits per heavy atom. The Bertz CT molecular complexity index is 512. The van der Waals surface area contributed by atoms with E-state index in [0.717, 1.165) is 0 Å². The summed E-state index contributed by atoms with van der Waals surface area (Å²) < 4.78 is 13.5. The normalized spacial score (nSPS) is 11.5. The van der Waals surface area contributed by atoms with Crippen LogP contribution < -0.4 is 0 Å². The van der Waals surface area contributed by atoms with Gasteiger partial charge in [-0.15, -0.1) is 0 Å². The Hall–Kier alpha value is -1.71. The van der Waals surface area contributed by atoms with Crippen molar-refractivity contribution < 1.29 is 14.6 Å². The second-order valence-electron chi connectivity index (χ2n) is 4.08. The molecule has 0 saturated carbocycles. The molecular formula is C14H13FO2. The maximum Gasteiger partial charge on any atom is 0.186 e. The smallest absolute Gasteiger partial charge is 0.186 e. The molecule has 0 radical (unpaired) electrons. The highest BCUT2D eigenvalue weighted by Gasteiger charge is 2.18. The predicted molar refractivity (Wildman–Crippen MR) is 63.6 cm³/mol. The minimum Gasteiger partial charge on any atom is -0.362 e. The standard InChI is InChI=1S/C14H13FO2/c1-14(16,17)11-8-6-10(7-9-11)12-4-2-3-5-13(12)15/h2-9,16-17H,1H3. The molecule has 0 spiro atoms. The number of hydrogen-bond donors (Lipinski definition) is 2. The van der Waals surface area contributed by atoms with E-state index in [1.54, 1.807) is 42.5 Å². The summed E-state index contributed by atoms with van der Waals surface area (Å²) in [6.45, 7) is 1.28. The second-order valence-corrected chi connectivity index (χ2v) is 4.08. The van der Waals surface area contributed by atoms with Gasteiger partial charge in [0.15, 0.2) is 5.79 Å². The fourth-order valence-corrected chi connectivity index (χ4v) is 1.66. The first-order chi connectivity index (χ1) is 7.98. The molecule has 2 aromatic rings. The molecule has 0 fully saturated rings. The first-order valence-corrected chi connectivity index (χ1v) is 5.28. The van der Waals surface area contributed by atoms with E-state index in [-0.39, 0.29) is 5.82 Å². The van der Waals surface area contributed by atoms with Crippen LogP contribution in [0.2, 0.25) is 0 Å². The predicted octanol–water partition coefficient (Wildman–Crippen LogP) is 2.65. The second kappa shape index (κ2) is 4.28. The minimum absolute atomic E-state index is 0.295. The van der Waals surface area contributed by atoms with Crippen molar-refractivity contribution in [2.45, 2.75) is 12.7 Å². The molecule has 0 aromatic heterocycles. The van der Waals surface area contributed by atoms with Gasteiger partial charge in [-0.05, 0) is 18.6 Å². The van der Waals surface area contributed by atoms with Crippen LogP contribution in [0.1, 0.15) is 12.5 Å². The zero-order chi connectivity index (χ0) is 12.5. The average Bonchev–Trinajstić information content (AvgIpc) is 2.29. The summed E-state index contributed by atoms with van der Waals surface area (Å²) in [7, 11) is 0. The van der Waals surface area contributed by atoms with E-state index in [2.05, 4.69) is 0 Å². The van der Waals surface area contributed by atoms with Crippen molar-refractivity contribution >= 4 is 0 Å². The molecule has 0 unspecified atom stereocenters. The third kappa shape index (κ3) is 2.52. The third-order valence-corrected chi connectivity index (χ3v) is 2.62. The lowest BCUT2D eigenvalue weighted by molar-refractivity contribution is -0.152. The van der Waals surface area contributed by atoms with Crippen LogP contribution in [-0.4, -0.2) is 10.2 Å². The van der Waals surface area contributed by atoms with Gasteiger partial charge in [-0.1, -0.05) is 42.5 Å². The fraction of sp³-hybridized carbons (Fsp3) is 0.143. The molecule has 0 amide bonds. The van der Waals surface area contributed by atoms with Crippen LogP contribution in [0.5, 0.6) is 0 Å². The minimum atomic E-state index is -1.87. The molecule has 0 aliphatic rings. The monoisotopic (exact) mass is 232 g/mol. The molecule has 3 heteroatoms. The number of rotatable bonds is 2. The highest BCUT2D eigenvalue weighted by molar-refractivity contribution is 5.64. The summed E-state index contributed by atoms with van der Waals surface area (Å²) in [6.07, 6.45) is 0. The van der Waals surface area contributed by atoms with Crippen molar-refractivity contribution in [1.29, 1.82) is 0 Å². The molecule has 2 aromatic carbocycles. The number of halogens is 1. The van der Waals surface area contributed by atoms with Gasteiger partial charge in [-0.3, -0.25) is 0 Å². The first-order valence-electron chi connectivity index (χ1n) is 5.28. The molecule has 0 heterocycles. The van der Waals surface area contributed by atoms with Gasteiger partial charge in [-0.25, -0.2) is 4.39 Å². The zero-order valence-electron chi connectivity index (χ0n) is 9.39. The van der Waals surface area contributed by atoms with E-state index < -0.39 is 5.79 Å². The fourth-order valence-electron chi connectivity index (χ4n) is 1.66. The number of benzene rings is 2. The topological polar surface area (TPSA) is 40.5 Å². The Balaban J connectivity index is 2.40. The van der Waals surface area contributed by atoms with Gasteiger partial charge in [0.25, 0.3) is 0 Å². The largest absolute Gasteiger partial charge is 0.362 e. The van der Waals surface area contributed by atoms with Crippen LogP contribution in [0.4, 0.5) is 4.39 Å². The highest BCUT2D eigenvalue weighted by Crippen LogP contribution is 2.25. The van der Waals surface area contributed by atoms with E-state index >= 15 is 0 Å². The SMILES string of the molecule is CC(O)(O)c1ccc(-c2ccccc2F)cc1. The molecule has 0 atom stereocenters. The lowest BCUT2D eigenvalue weighted by Gasteiger charge is -2.16. The van der Waals surface area contributed by atoms with Crippen molar-refractivity contribution in [1.82, 2.24) is 0 Å². The van der Waals surface area contributed by atoms with E-state index in [1.807, 2.05) is 0 Å². The van der Waals surface area contributed by atoms with Gasteiger partial charge in [-0.2, -0.15) is 0 Å². The summed E-state index contributed by atoms with van der Waals surface area (Å²) in [5.41, 5.74) is 1.57. The van der Waals surface area contributed by atoms with Crippen molar-refractivity contribution in [3.05, 3.63) is 59.9 Å². The van der Waals surface area contributed by atoms with Crippen LogP contribution >= 0.6 is 0 Å². The quantitative estimate of drug-likeness (QED) is 0.781. The van der Waals surface area contributed by atoms with Gasteiger partial charge in [0, 0.05) is 11.1 Å². The third-order valence-electron chi connectivity index (χ3n) is 2.62. The van der Waals surface area contributed by atoms with Crippen molar-refractivity contribution in [3.8, 4) is 11.1 Å². The van der Waals surface area contributed by atoms with Crippen molar-refractivity contribution in [2.24, 2.45) is 0 Å². The van der Waals surface area contributed by atoms with Gasteiger partial charge in [0.05, 0.1) is 0 Å².